The highest BCUT2D eigenvalue weighted by atomic mass is 35.5. The van der Waals surface area contributed by atoms with Crippen LogP contribution in [0.1, 0.15) is 45.4 Å². The first kappa shape index (κ1) is 17.5. The Bertz CT molecular complexity index is 785. The topological polar surface area (TPSA) is 73.3 Å². The zero-order chi connectivity index (χ0) is 18.0. The molecule has 2 aromatic rings. The molecule has 0 atom stereocenters. The third kappa shape index (κ3) is 5.06. The largest absolute Gasteiger partial charge is 0.444 e. The van der Waals surface area contributed by atoms with E-state index in [9.17, 15) is 4.79 Å². The Balaban J connectivity index is 1.67. The number of hydrogen-bond acceptors (Lipinski definition) is 5. The summed E-state index contributed by atoms with van der Waals surface area (Å²) in [7, 11) is 0. The second kappa shape index (κ2) is 6.88. The molecular formula is C18H20ClN3O3. The van der Waals surface area contributed by atoms with Crippen LogP contribution in [0, 0.1) is 0 Å². The van der Waals surface area contributed by atoms with Crippen LogP contribution in [0.2, 0.25) is 5.02 Å². The lowest BCUT2D eigenvalue weighted by atomic mass is 10.2. The van der Waals surface area contributed by atoms with Crippen LogP contribution in [0.15, 0.2) is 30.5 Å². The average molecular weight is 362 g/mol. The summed E-state index contributed by atoms with van der Waals surface area (Å²) >= 11 is 6.25. The number of halogens is 1. The molecule has 1 fully saturated rings. The van der Waals surface area contributed by atoms with E-state index in [1.54, 1.807) is 51.2 Å². The first-order valence-corrected chi connectivity index (χ1v) is 8.48. The minimum atomic E-state index is -0.566. The molecule has 1 aliphatic carbocycles. The second-order valence-electron chi connectivity index (χ2n) is 6.90. The molecule has 0 radical (unpaired) electrons. The highest BCUT2D eigenvalue weighted by molar-refractivity contribution is 6.32. The van der Waals surface area contributed by atoms with Crippen molar-refractivity contribution in [1.82, 2.24) is 9.97 Å². The number of benzene rings is 1. The van der Waals surface area contributed by atoms with Gasteiger partial charge >= 0.3 is 6.09 Å². The van der Waals surface area contributed by atoms with Crippen LogP contribution in [0.3, 0.4) is 0 Å². The van der Waals surface area contributed by atoms with Crippen molar-refractivity contribution in [1.29, 1.82) is 0 Å². The lowest BCUT2D eigenvalue weighted by molar-refractivity contribution is 0.0636. The number of ether oxygens (including phenoxy) is 2. The molecule has 1 saturated carbocycles. The molecular weight excluding hydrogens is 342 g/mol. The van der Waals surface area contributed by atoms with Crippen LogP contribution in [0.5, 0.6) is 11.6 Å². The summed E-state index contributed by atoms with van der Waals surface area (Å²) < 4.78 is 10.9. The number of hydrogen-bond donors (Lipinski definition) is 1. The molecule has 1 aliphatic rings. The van der Waals surface area contributed by atoms with Crippen LogP contribution >= 0.6 is 11.6 Å². The van der Waals surface area contributed by atoms with Crippen molar-refractivity contribution in [3.8, 4) is 11.6 Å². The number of carbonyl (C=O) groups is 1. The molecule has 132 valence electrons. The monoisotopic (exact) mass is 361 g/mol. The van der Waals surface area contributed by atoms with Crippen LogP contribution in [0.4, 0.5) is 10.5 Å². The Kier molecular flexibility index (Phi) is 4.81. The van der Waals surface area contributed by atoms with E-state index in [1.165, 1.54) is 0 Å². The number of nitrogens with zero attached hydrogens (tertiary/aromatic N) is 2. The minimum absolute atomic E-state index is 0.361. The maximum atomic E-state index is 11.8. The number of carbonyl (C=O) groups excluding carboxylic acids is 1. The van der Waals surface area contributed by atoms with Crippen LogP contribution in [-0.2, 0) is 4.74 Å². The van der Waals surface area contributed by atoms with Gasteiger partial charge in [0.25, 0.3) is 0 Å². The van der Waals surface area contributed by atoms with Gasteiger partial charge in [0, 0.05) is 23.9 Å². The molecule has 0 saturated heterocycles. The number of nitrogens with one attached hydrogen (secondary N) is 1. The van der Waals surface area contributed by atoms with Gasteiger partial charge in [-0.2, -0.15) is 4.98 Å². The smallest absolute Gasteiger partial charge is 0.412 e. The standard InChI is InChI=1S/C18H20ClN3O3/c1-18(2,3)25-17(23)21-12-6-7-14(13(19)10-12)24-15-8-9-20-16(22-15)11-4-5-11/h6-11H,4-5H2,1-3H3,(H,21,23). The minimum Gasteiger partial charge on any atom is -0.444 e. The Morgan fingerprint density at radius 1 is 1.28 bits per heavy atom. The maximum absolute atomic E-state index is 11.8. The van der Waals surface area contributed by atoms with Crippen molar-refractivity contribution in [2.75, 3.05) is 5.32 Å². The molecule has 0 unspecified atom stereocenters. The second-order valence-corrected chi connectivity index (χ2v) is 7.31. The van der Waals surface area contributed by atoms with Crippen molar-refractivity contribution in [3.05, 3.63) is 41.3 Å². The van der Waals surface area contributed by atoms with E-state index >= 15 is 0 Å². The lowest BCUT2D eigenvalue weighted by Gasteiger charge is -2.19. The van der Waals surface area contributed by atoms with Crippen molar-refractivity contribution in [2.45, 2.75) is 45.1 Å². The van der Waals surface area contributed by atoms with Crippen molar-refractivity contribution in [3.63, 3.8) is 0 Å². The van der Waals surface area contributed by atoms with Gasteiger partial charge in [0.1, 0.15) is 17.2 Å². The molecule has 0 bridgehead atoms. The molecule has 1 amide bonds. The number of rotatable bonds is 4. The molecule has 1 N–H and O–H groups in total. The summed E-state index contributed by atoms with van der Waals surface area (Å²) in [5, 5.41) is 3.00. The first-order chi connectivity index (χ1) is 11.8. The number of amides is 1. The normalized spacial score (nSPS) is 14.1. The predicted molar refractivity (Wildman–Crippen MR) is 95.4 cm³/mol. The highest BCUT2D eigenvalue weighted by Gasteiger charge is 2.26. The third-order valence-corrected chi connectivity index (χ3v) is 3.68. The van der Waals surface area contributed by atoms with E-state index in [0.29, 0.717) is 28.3 Å². The lowest BCUT2D eigenvalue weighted by Crippen LogP contribution is -2.27. The fourth-order valence-corrected chi connectivity index (χ4v) is 2.37. The Morgan fingerprint density at radius 3 is 2.68 bits per heavy atom. The van der Waals surface area contributed by atoms with E-state index in [1.807, 2.05) is 0 Å². The Hall–Kier alpha value is -2.34. The van der Waals surface area contributed by atoms with Gasteiger partial charge in [-0.25, -0.2) is 9.78 Å². The quantitative estimate of drug-likeness (QED) is 0.815. The van der Waals surface area contributed by atoms with Gasteiger partial charge < -0.3 is 9.47 Å². The van der Waals surface area contributed by atoms with E-state index in [4.69, 9.17) is 21.1 Å². The van der Waals surface area contributed by atoms with E-state index in [2.05, 4.69) is 15.3 Å². The summed E-state index contributed by atoms with van der Waals surface area (Å²) in [5.74, 6) is 2.15. The zero-order valence-electron chi connectivity index (χ0n) is 14.4. The summed E-state index contributed by atoms with van der Waals surface area (Å²) in [6, 6.07) is 6.65. The average Bonchev–Trinajstić information content (AvgIpc) is 3.33. The van der Waals surface area contributed by atoms with Crippen LogP contribution in [-0.4, -0.2) is 21.7 Å². The molecule has 25 heavy (non-hydrogen) atoms. The highest BCUT2D eigenvalue weighted by Crippen LogP contribution is 2.39. The van der Waals surface area contributed by atoms with Gasteiger partial charge in [0.15, 0.2) is 0 Å². The van der Waals surface area contributed by atoms with Crippen molar-refractivity contribution < 1.29 is 14.3 Å². The third-order valence-electron chi connectivity index (χ3n) is 3.38. The first-order valence-electron chi connectivity index (χ1n) is 8.10. The predicted octanol–water partition coefficient (Wildman–Crippen LogP) is 5.15. The fraction of sp³-hybridized carbons (Fsp3) is 0.389. The Morgan fingerprint density at radius 2 is 2.04 bits per heavy atom. The molecule has 6 nitrogen and oxygen atoms in total. The van der Waals surface area contributed by atoms with Gasteiger partial charge in [-0.05, 0) is 51.8 Å². The van der Waals surface area contributed by atoms with Crippen LogP contribution < -0.4 is 10.1 Å². The molecule has 1 aromatic carbocycles. The van der Waals surface area contributed by atoms with E-state index in [0.717, 1.165) is 18.7 Å². The number of anilines is 1. The van der Waals surface area contributed by atoms with Gasteiger partial charge in [-0.15, -0.1) is 0 Å². The van der Waals surface area contributed by atoms with Crippen molar-refractivity contribution >= 4 is 23.4 Å². The molecule has 3 rings (SSSR count). The number of aromatic nitrogens is 2. The van der Waals surface area contributed by atoms with Gasteiger partial charge in [0.05, 0.1) is 5.02 Å². The van der Waals surface area contributed by atoms with Crippen molar-refractivity contribution in [2.24, 2.45) is 0 Å². The summed E-state index contributed by atoms with van der Waals surface area (Å²) in [5.41, 5.74) is -0.0450. The molecule has 1 heterocycles. The fourth-order valence-electron chi connectivity index (χ4n) is 2.15. The molecule has 1 aromatic heterocycles. The van der Waals surface area contributed by atoms with Gasteiger partial charge in [0.2, 0.25) is 5.88 Å². The van der Waals surface area contributed by atoms with Crippen LogP contribution in [0.25, 0.3) is 0 Å². The molecule has 0 aliphatic heterocycles. The summed E-state index contributed by atoms with van der Waals surface area (Å²) in [6.45, 7) is 5.40. The van der Waals surface area contributed by atoms with Gasteiger partial charge in [-0.1, -0.05) is 11.6 Å². The molecule has 0 spiro atoms. The summed E-state index contributed by atoms with van der Waals surface area (Å²) in [4.78, 5) is 20.5. The van der Waals surface area contributed by atoms with Gasteiger partial charge in [-0.3, -0.25) is 5.32 Å². The van der Waals surface area contributed by atoms with E-state index < -0.39 is 11.7 Å². The summed E-state index contributed by atoms with van der Waals surface area (Å²) in [6.07, 6.45) is 3.38. The molecule has 7 heteroatoms. The van der Waals surface area contributed by atoms with E-state index in [-0.39, 0.29) is 0 Å². The maximum Gasteiger partial charge on any atom is 0.412 e. The zero-order valence-corrected chi connectivity index (χ0v) is 15.1. The SMILES string of the molecule is CC(C)(C)OC(=O)Nc1ccc(Oc2ccnc(C3CC3)n2)c(Cl)c1. The Labute approximate surface area is 151 Å².